The summed E-state index contributed by atoms with van der Waals surface area (Å²) in [6, 6.07) is 11.4. The summed E-state index contributed by atoms with van der Waals surface area (Å²) in [4.78, 5) is 2.66. The molecule has 0 bridgehead atoms. The van der Waals surface area contributed by atoms with E-state index in [9.17, 15) is 0 Å². The number of rotatable bonds is 3. The first kappa shape index (κ1) is 15.1. The van der Waals surface area contributed by atoms with Crippen molar-refractivity contribution >= 4 is 0 Å². The van der Waals surface area contributed by atoms with Gasteiger partial charge in [0, 0.05) is 19.1 Å². The number of nitrogens with zero attached hydrogens (tertiary/aromatic N) is 1. The third-order valence-corrected chi connectivity index (χ3v) is 5.74. The van der Waals surface area contributed by atoms with Gasteiger partial charge in [0.2, 0.25) is 0 Å². The van der Waals surface area contributed by atoms with Crippen molar-refractivity contribution in [2.45, 2.75) is 45.1 Å². The van der Waals surface area contributed by atoms with Crippen LogP contribution in [0.1, 0.15) is 44.6 Å². The number of hydrogen-bond acceptors (Lipinski definition) is 2. The van der Waals surface area contributed by atoms with Gasteiger partial charge in [-0.2, -0.15) is 0 Å². The average Bonchev–Trinajstić information content (AvgIpc) is 2.92. The summed E-state index contributed by atoms with van der Waals surface area (Å²) in [6.07, 6.45) is 3.87. The molecule has 1 heterocycles. The molecule has 3 rings (SSSR count). The van der Waals surface area contributed by atoms with Gasteiger partial charge in [0.05, 0.1) is 0 Å². The lowest BCUT2D eigenvalue weighted by Gasteiger charge is -2.39. The first-order chi connectivity index (χ1) is 10.1. The summed E-state index contributed by atoms with van der Waals surface area (Å²) in [6.45, 7) is 8.43. The van der Waals surface area contributed by atoms with Crippen molar-refractivity contribution in [3.8, 4) is 0 Å². The Kier molecular flexibility index (Phi) is 4.66. The molecule has 0 radical (unpaired) electrons. The van der Waals surface area contributed by atoms with Crippen LogP contribution in [-0.4, -0.2) is 30.6 Å². The predicted octanol–water partition coefficient (Wildman–Crippen LogP) is 3.49. The Balaban J connectivity index is 1.57. The standard InChI is InChI=1S/C19H30N2/c1-14-10-15(2)18(19(20)11-14)13-21-9-8-17(12-21)16-6-4-3-5-7-16/h3-7,14-15,17-19H,8-13,20H2,1-2H3. The van der Waals surface area contributed by atoms with Gasteiger partial charge in [-0.1, -0.05) is 44.2 Å². The van der Waals surface area contributed by atoms with Crippen LogP contribution in [0.15, 0.2) is 30.3 Å². The second kappa shape index (κ2) is 6.50. The fraction of sp³-hybridized carbons (Fsp3) is 0.684. The highest BCUT2D eigenvalue weighted by atomic mass is 15.1. The summed E-state index contributed by atoms with van der Waals surface area (Å²) < 4.78 is 0. The number of benzene rings is 1. The molecule has 2 heteroatoms. The maximum atomic E-state index is 6.46. The first-order valence-corrected chi connectivity index (χ1v) is 8.66. The van der Waals surface area contributed by atoms with E-state index in [1.165, 1.54) is 44.5 Å². The highest BCUT2D eigenvalue weighted by molar-refractivity contribution is 5.21. The molecule has 21 heavy (non-hydrogen) atoms. The predicted molar refractivity (Wildman–Crippen MR) is 89.3 cm³/mol. The largest absolute Gasteiger partial charge is 0.327 e. The van der Waals surface area contributed by atoms with Gasteiger partial charge in [0.1, 0.15) is 0 Å². The van der Waals surface area contributed by atoms with E-state index in [0.717, 1.165) is 17.8 Å². The smallest absolute Gasteiger partial charge is 0.00844 e. The topological polar surface area (TPSA) is 29.3 Å². The third kappa shape index (κ3) is 3.49. The molecule has 2 N–H and O–H groups in total. The summed E-state index contributed by atoms with van der Waals surface area (Å²) in [5.41, 5.74) is 7.97. The monoisotopic (exact) mass is 286 g/mol. The molecule has 5 atom stereocenters. The Bertz CT molecular complexity index is 432. The minimum absolute atomic E-state index is 0.402. The average molecular weight is 286 g/mol. The van der Waals surface area contributed by atoms with Crippen LogP contribution in [0, 0.1) is 17.8 Å². The Morgan fingerprint density at radius 2 is 1.90 bits per heavy atom. The Morgan fingerprint density at radius 3 is 2.62 bits per heavy atom. The highest BCUT2D eigenvalue weighted by Crippen LogP contribution is 2.35. The van der Waals surface area contributed by atoms with Crippen molar-refractivity contribution in [2.75, 3.05) is 19.6 Å². The third-order valence-electron chi connectivity index (χ3n) is 5.74. The van der Waals surface area contributed by atoms with Gasteiger partial charge in [-0.25, -0.2) is 0 Å². The SMILES string of the molecule is CC1CC(C)C(CN2CCC(c3ccccc3)C2)C(N)C1. The maximum absolute atomic E-state index is 6.46. The van der Waals surface area contributed by atoms with Gasteiger partial charge in [-0.15, -0.1) is 0 Å². The quantitative estimate of drug-likeness (QED) is 0.921. The molecule has 116 valence electrons. The molecule has 1 aliphatic carbocycles. The van der Waals surface area contributed by atoms with Crippen molar-refractivity contribution in [1.29, 1.82) is 0 Å². The maximum Gasteiger partial charge on any atom is 0.00844 e. The van der Waals surface area contributed by atoms with Crippen molar-refractivity contribution in [3.05, 3.63) is 35.9 Å². The molecule has 2 fully saturated rings. The second-order valence-corrected chi connectivity index (χ2v) is 7.54. The fourth-order valence-electron chi connectivity index (χ4n) is 4.58. The molecular formula is C19H30N2. The Hall–Kier alpha value is -0.860. The van der Waals surface area contributed by atoms with Crippen molar-refractivity contribution in [1.82, 2.24) is 4.90 Å². The zero-order valence-electron chi connectivity index (χ0n) is 13.5. The molecule has 2 nitrogen and oxygen atoms in total. The van der Waals surface area contributed by atoms with Gasteiger partial charge in [0.25, 0.3) is 0 Å². The normalized spacial score (nSPS) is 37.8. The molecule has 0 aromatic heterocycles. The Morgan fingerprint density at radius 1 is 1.14 bits per heavy atom. The lowest BCUT2D eigenvalue weighted by molar-refractivity contribution is 0.129. The van der Waals surface area contributed by atoms with Crippen molar-refractivity contribution in [2.24, 2.45) is 23.5 Å². The molecule has 0 amide bonds. The summed E-state index contributed by atoms with van der Waals surface area (Å²) >= 11 is 0. The van der Waals surface area contributed by atoms with E-state index in [0.29, 0.717) is 12.0 Å². The molecule has 1 saturated carbocycles. The van der Waals surface area contributed by atoms with Gasteiger partial charge in [-0.05, 0) is 55.0 Å². The van der Waals surface area contributed by atoms with E-state index in [-0.39, 0.29) is 0 Å². The minimum Gasteiger partial charge on any atom is -0.327 e. The molecule has 1 aromatic carbocycles. The van der Waals surface area contributed by atoms with E-state index in [1.807, 2.05) is 0 Å². The summed E-state index contributed by atoms with van der Waals surface area (Å²) in [7, 11) is 0. The van der Waals surface area contributed by atoms with Crippen LogP contribution in [0.2, 0.25) is 0 Å². The zero-order valence-corrected chi connectivity index (χ0v) is 13.5. The van der Waals surface area contributed by atoms with Crippen LogP contribution in [-0.2, 0) is 0 Å². The molecule has 1 aliphatic heterocycles. The summed E-state index contributed by atoms with van der Waals surface area (Å²) in [5, 5.41) is 0. The van der Waals surface area contributed by atoms with Crippen molar-refractivity contribution in [3.63, 3.8) is 0 Å². The van der Waals surface area contributed by atoms with E-state index >= 15 is 0 Å². The van der Waals surface area contributed by atoms with E-state index in [2.05, 4.69) is 49.1 Å². The van der Waals surface area contributed by atoms with Crippen LogP contribution in [0.3, 0.4) is 0 Å². The molecule has 0 spiro atoms. The van der Waals surface area contributed by atoms with Gasteiger partial charge >= 0.3 is 0 Å². The second-order valence-electron chi connectivity index (χ2n) is 7.54. The number of nitrogens with two attached hydrogens (primary N) is 1. The zero-order chi connectivity index (χ0) is 14.8. The molecular weight excluding hydrogens is 256 g/mol. The summed E-state index contributed by atoms with van der Waals surface area (Å²) in [5.74, 6) is 3.00. The lowest BCUT2D eigenvalue weighted by atomic mass is 9.72. The molecule has 1 aromatic rings. The Labute approximate surface area is 129 Å². The van der Waals surface area contributed by atoms with Crippen LogP contribution in [0.5, 0.6) is 0 Å². The van der Waals surface area contributed by atoms with E-state index in [4.69, 9.17) is 5.73 Å². The molecule has 1 saturated heterocycles. The number of hydrogen-bond donors (Lipinski definition) is 1. The molecule has 5 unspecified atom stereocenters. The van der Waals surface area contributed by atoms with Crippen molar-refractivity contribution < 1.29 is 0 Å². The van der Waals surface area contributed by atoms with Crippen LogP contribution in [0.4, 0.5) is 0 Å². The lowest BCUT2D eigenvalue weighted by Crippen LogP contribution is -2.46. The number of likely N-dealkylation sites (tertiary alicyclic amines) is 1. The van der Waals surface area contributed by atoms with E-state index in [1.54, 1.807) is 0 Å². The van der Waals surface area contributed by atoms with Crippen LogP contribution in [0.25, 0.3) is 0 Å². The van der Waals surface area contributed by atoms with Crippen LogP contribution >= 0.6 is 0 Å². The fourth-order valence-corrected chi connectivity index (χ4v) is 4.58. The van der Waals surface area contributed by atoms with Crippen LogP contribution < -0.4 is 5.73 Å². The minimum atomic E-state index is 0.402. The van der Waals surface area contributed by atoms with Gasteiger partial charge in [0.15, 0.2) is 0 Å². The van der Waals surface area contributed by atoms with E-state index < -0.39 is 0 Å². The first-order valence-electron chi connectivity index (χ1n) is 8.66. The molecule has 2 aliphatic rings. The van der Waals surface area contributed by atoms with Gasteiger partial charge in [-0.3, -0.25) is 0 Å². The van der Waals surface area contributed by atoms with Gasteiger partial charge < -0.3 is 10.6 Å². The highest BCUT2D eigenvalue weighted by Gasteiger charge is 2.34.